The molecule has 2 heterocycles. The van der Waals surface area contributed by atoms with E-state index in [1.165, 1.54) is 0 Å². The average molecular weight is 342 g/mol. The Bertz CT molecular complexity index is 733. The van der Waals surface area contributed by atoms with Crippen LogP contribution in [0.2, 0.25) is 0 Å². The molecule has 132 valence electrons. The van der Waals surface area contributed by atoms with Gasteiger partial charge in [0.05, 0.1) is 0 Å². The first-order chi connectivity index (χ1) is 12.1. The largest absolute Gasteiger partial charge is 0.480 e. The third kappa shape index (κ3) is 4.09. The maximum Gasteiger partial charge on any atom is 0.329 e. The zero-order valence-corrected chi connectivity index (χ0v) is 14.0. The van der Waals surface area contributed by atoms with Crippen molar-refractivity contribution in [3.05, 3.63) is 48.2 Å². The second-order valence-electron chi connectivity index (χ2n) is 6.31. The summed E-state index contributed by atoms with van der Waals surface area (Å²) in [5.41, 5.74) is 1.85. The van der Waals surface area contributed by atoms with Crippen LogP contribution in [0.4, 0.5) is 0 Å². The lowest BCUT2D eigenvalue weighted by atomic mass is 9.90. The van der Waals surface area contributed by atoms with Gasteiger partial charge in [0.15, 0.2) is 0 Å². The van der Waals surface area contributed by atoms with E-state index in [0.29, 0.717) is 32.5 Å². The number of carboxylic acids is 1. The molecule has 0 unspecified atom stereocenters. The number of aromatic amines is 1. The molecule has 1 aromatic heterocycles. The fraction of sp³-hybridized carbons (Fsp3) is 0.368. The fourth-order valence-corrected chi connectivity index (χ4v) is 3.06. The average Bonchev–Trinajstić information content (AvgIpc) is 3.10. The standard InChI is InChI=1S/C19H22N2O4/c22-17(21-19(18(23)24)10-12-25-13-11-19)9-7-15-6-8-16(20-15)14-4-2-1-3-5-14/h1-6,8,20H,7,9-13H2,(H,21,22)(H,23,24). The van der Waals surface area contributed by atoms with Crippen molar-refractivity contribution < 1.29 is 19.4 Å². The second-order valence-corrected chi connectivity index (χ2v) is 6.31. The number of hydrogen-bond acceptors (Lipinski definition) is 3. The zero-order chi connectivity index (χ0) is 17.7. The molecule has 1 amide bonds. The van der Waals surface area contributed by atoms with Crippen molar-refractivity contribution in [2.24, 2.45) is 0 Å². The minimum atomic E-state index is -1.19. The number of rotatable bonds is 6. The number of aryl methyl sites for hydroxylation is 1. The Balaban J connectivity index is 1.57. The Morgan fingerprint density at radius 1 is 1.12 bits per heavy atom. The van der Waals surface area contributed by atoms with E-state index in [4.69, 9.17) is 4.74 Å². The Morgan fingerprint density at radius 3 is 2.52 bits per heavy atom. The van der Waals surface area contributed by atoms with E-state index in [-0.39, 0.29) is 12.3 Å². The minimum absolute atomic E-state index is 0.241. The Hall–Kier alpha value is -2.60. The number of carboxylic acid groups (broad SMARTS) is 1. The molecule has 1 fully saturated rings. The lowest BCUT2D eigenvalue weighted by Crippen LogP contribution is -2.57. The first kappa shape index (κ1) is 17.2. The van der Waals surface area contributed by atoms with Crippen LogP contribution in [0.15, 0.2) is 42.5 Å². The summed E-state index contributed by atoms with van der Waals surface area (Å²) in [5.74, 6) is -1.24. The van der Waals surface area contributed by atoms with Crippen LogP contribution in [0.1, 0.15) is 25.0 Å². The van der Waals surface area contributed by atoms with E-state index in [0.717, 1.165) is 17.0 Å². The van der Waals surface area contributed by atoms with Gasteiger partial charge in [0.1, 0.15) is 5.54 Å². The number of aliphatic carboxylic acids is 1. The van der Waals surface area contributed by atoms with E-state index < -0.39 is 11.5 Å². The van der Waals surface area contributed by atoms with Gasteiger partial charge in [0, 0.05) is 43.9 Å². The summed E-state index contributed by atoms with van der Waals surface area (Å²) in [6, 6.07) is 13.9. The van der Waals surface area contributed by atoms with E-state index in [9.17, 15) is 14.7 Å². The van der Waals surface area contributed by atoms with Gasteiger partial charge in [-0.1, -0.05) is 30.3 Å². The van der Waals surface area contributed by atoms with Crippen LogP contribution in [-0.2, 0) is 20.7 Å². The quantitative estimate of drug-likeness (QED) is 0.751. The van der Waals surface area contributed by atoms with Crippen molar-refractivity contribution in [2.75, 3.05) is 13.2 Å². The van der Waals surface area contributed by atoms with Gasteiger partial charge in [0.25, 0.3) is 0 Å². The maximum absolute atomic E-state index is 12.2. The smallest absolute Gasteiger partial charge is 0.329 e. The van der Waals surface area contributed by atoms with Crippen LogP contribution >= 0.6 is 0 Å². The van der Waals surface area contributed by atoms with Gasteiger partial charge in [-0.15, -0.1) is 0 Å². The fourth-order valence-electron chi connectivity index (χ4n) is 3.06. The number of aromatic nitrogens is 1. The van der Waals surface area contributed by atoms with Crippen LogP contribution in [0.5, 0.6) is 0 Å². The topological polar surface area (TPSA) is 91.4 Å². The minimum Gasteiger partial charge on any atom is -0.480 e. The molecule has 6 heteroatoms. The van der Waals surface area contributed by atoms with E-state index in [1.807, 2.05) is 42.5 Å². The van der Waals surface area contributed by atoms with Crippen LogP contribution in [0.25, 0.3) is 11.3 Å². The van der Waals surface area contributed by atoms with Crippen LogP contribution in [0, 0.1) is 0 Å². The molecule has 1 aliphatic heterocycles. The third-order valence-electron chi connectivity index (χ3n) is 4.59. The van der Waals surface area contributed by atoms with Gasteiger partial charge in [-0.25, -0.2) is 4.79 Å². The lowest BCUT2D eigenvalue weighted by Gasteiger charge is -2.33. The normalized spacial score (nSPS) is 16.3. The summed E-state index contributed by atoms with van der Waals surface area (Å²) >= 11 is 0. The van der Waals surface area contributed by atoms with Crippen molar-refractivity contribution in [2.45, 2.75) is 31.2 Å². The van der Waals surface area contributed by atoms with Crippen LogP contribution in [-0.4, -0.2) is 40.7 Å². The summed E-state index contributed by atoms with van der Waals surface area (Å²) in [4.78, 5) is 27.1. The van der Waals surface area contributed by atoms with E-state index in [1.54, 1.807) is 0 Å². The van der Waals surface area contributed by atoms with Gasteiger partial charge in [-0.2, -0.15) is 0 Å². The van der Waals surface area contributed by atoms with E-state index in [2.05, 4.69) is 10.3 Å². The molecule has 1 aliphatic rings. The number of hydrogen-bond donors (Lipinski definition) is 3. The number of amides is 1. The summed E-state index contributed by atoms with van der Waals surface area (Å²) < 4.78 is 5.21. The third-order valence-corrected chi connectivity index (χ3v) is 4.59. The number of ether oxygens (including phenoxy) is 1. The summed E-state index contributed by atoms with van der Waals surface area (Å²) in [7, 11) is 0. The van der Waals surface area contributed by atoms with Gasteiger partial charge < -0.3 is 20.1 Å². The highest BCUT2D eigenvalue weighted by Gasteiger charge is 2.41. The molecule has 3 rings (SSSR count). The first-order valence-electron chi connectivity index (χ1n) is 8.44. The monoisotopic (exact) mass is 342 g/mol. The van der Waals surface area contributed by atoms with Crippen LogP contribution < -0.4 is 5.32 Å². The SMILES string of the molecule is O=C(CCc1ccc(-c2ccccc2)[nH]1)NC1(C(=O)O)CCOCC1. The second kappa shape index (κ2) is 7.53. The molecule has 1 saturated heterocycles. The van der Waals surface area contributed by atoms with Crippen molar-refractivity contribution in [1.82, 2.24) is 10.3 Å². The van der Waals surface area contributed by atoms with Gasteiger partial charge in [-0.3, -0.25) is 4.79 Å². The van der Waals surface area contributed by atoms with E-state index >= 15 is 0 Å². The molecule has 3 N–H and O–H groups in total. The molecule has 0 bridgehead atoms. The molecule has 6 nitrogen and oxygen atoms in total. The molecule has 0 saturated carbocycles. The molecular formula is C19H22N2O4. The zero-order valence-electron chi connectivity index (χ0n) is 14.0. The number of benzene rings is 1. The predicted molar refractivity (Wildman–Crippen MR) is 93.1 cm³/mol. The van der Waals surface area contributed by atoms with Gasteiger partial charge in [0.2, 0.25) is 5.91 Å². The highest BCUT2D eigenvalue weighted by Crippen LogP contribution is 2.22. The molecule has 0 radical (unpaired) electrons. The van der Waals surface area contributed by atoms with Crippen molar-refractivity contribution >= 4 is 11.9 Å². The molecule has 0 aliphatic carbocycles. The van der Waals surface area contributed by atoms with Crippen molar-refractivity contribution in [3.8, 4) is 11.3 Å². The molecule has 2 aromatic rings. The Labute approximate surface area is 146 Å². The number of carbonyl (C=O) groups excluding carboxylic acids is 1. The van der Waals surface area contributed by atoms with Crippen molar-refractivity contribution in [3.63, 3.8) is 0 Å². The molecule has 1 aromatic carbocycles. The first-order valence-corrected chi connectivity index (χ1v) is 8.44. The highest BCUT2D eigenvalue weighted by molar-refractivity contribution is 5.87. The summed E-state index contributed by atoms with van der Waals surface area (Å²) in [5, 5.41) is 12.2. The number of nitrogens with one attached hydrogen (secondary N) is 2. The molecule has 0 spiro atoms. The Kier molecular flexibility index (Phi) is 5.19. The number of H-pyrrole nitrogens is 1. The van der Waals surface area contributed by atoms with Crippen molar-refractivity contribution in [1.29, 1.82) is 0 Å². The molecule has 25 heavy (non-hydrogen) atoms. The van der Waals surface area contributed by atoms with Gasteiger partial charge >= 0.3 is 5.97 Å². The molecular weight excluding hydrogens is 320 g/mol. The Morgan fingerprint density at radius 2 is 1.84 bits per heavy atom. The lowest BCUT2D eigenvalue weighted by molar-refractivity contribution is -0.152. The maximum atomic E-state index is 12.2. The molecule has 0 atom stereocenters. The summed E-state index contributed by atoms with van der Waals surface area (Å²) in [6.45, 7) is 0.702. The van der Waals surface area contributed by atoms with Crippen LogP contribution in [0.3, 0.4) is 0 Å². The number of carbonyl (C=O) groups is 2. The summed E-state index contributed by atoms with van der Waals surface area (Å²) in [6.07, 6.45) is 1.37. The highest BCUT2D eigenvalue weighted by atomic mass is 16.5. The van der Waals surface area contributed by atoms with Gasteiger partial charge in [-0.05, 0) is 24.1 Å². The predicted octanol–water partition coefficient (Wildman–Crippen LogP) is 2.36.